The number of hydrogen-bond acceptors (Lipinski definition) is 4. The lowest BCUT2D eigenvalue weighted by Crippen LogP contribution is -2.62. The molecular formula is C18H21N5O3. The van der Waals surface area contributed by atoms with Gasteiger partial charge in [-0.3, -0.25) is 19.8 Å². The van der Waals surface area contributed by atoms with Gasteiger partial charge < -0.3 is 14.8 Å². The molecule has 2 aliphatic heterocycles. The summed E-state index contributed by atoms with van der Waals surface area (Å²) in [5.41, 5.74) is 1.74. The van der Waals surface area contributed by atoms with E-state index >= 15 is 0 Å². The number of urea groups is 1. The van der Waals surface area contributed by atoms with Crippen LogP contribution in [-0.4, -0.2) is 64.6 Å². The van der Waals surface area contributed by atoms with Crippen LogP contribution in [0.2, 0.25) is 0 Å². The van der Waals surface area contributed by atoms with E-state index in [0.717, 1.165) is 10.9 Å². The fourth-order valence-electron chi connectivity index (χ4n) is 3.73. The zero-order valence-corrected chi connectivity index (χ0v) is 14.6. The lowest BCUT2D eigenvalue weighted by molar-refractivity contribution is -0.122. The second kappa shape index (κ2) is 6.45. The van der Waals surface area contributed by atoms with Crippen LogP contribution in [0, 0.1) is 0 Å². The van der Waals surface area contributed by atoms with Gasteiger partial charge in [-0.05, 0) is 6.07 Å². The summed E-state index contributed by atoms with van der Waals surface area (Å²) in [6, 6.07) is 7.41. The first-order valence-corrected chi connectivity index (χ1v) is 8.70. The minimum Gasteiger partial charge on any atom is -0.350 e. The highest BCUT2D eigenvalue weighted by atomic mass is 16.2. The quantitative estimate of drug-likeness (QED) is 0.821. The van der Waals surface area contributed by atoms with Crippen molar-refractivity contribution in [1.29, 1.82) is 0 Å². The molecule has 2 N–H and O–H groups in total. The van der Waals surface area contributed by atoms with Gasteiger partial charge in [0.2, 0.25) is 5.91 Å². The van der Waals surface area contributed by atoms with Gasteiger partial charge in [0.05, 0.1) is 18.2 Å². The molecule has 0 radical (unpaired) electrons. The number of rotatable bonds is 2. The van der Waals surface area contributed by atoms with Gasteiger partial charge in [-0.25, -0.2) is 4.79 Å². The predicted molar refractivity (Wildman–Crippen MR) is 95.5 cm³/mol. The number of para-hydroxylation sites is 1. The molecule has 0 spiro atoms. The van der Waals surface area contributed by atoms with E-state index in [4.69, 9.17) is 0 Å². The Morgan fingerprint density at radius 1 is 1.12 bits per heavy atom. The molecule has 1 atom stereocenters. The lowest BCUT2D eigenvalue weighted by atomic mass is 10.1. The maximum absolute atomic E-state index is 13.0. The summed E-state index contributed by atoms with van der Waals surface area (Å²) in [5, 5.41) is 5.96. The standard InChI is InChI=1S/C18H21N5O3/c1-21-11-13(12-4-2-3-5-14(12)21)17(25)23-8-6-22(7-9-23)15-10-16(24)20-18(26)19-15/h2-5,11,15H,6-10H2,1H3,(H2,19,20,24,26). The largest absolute Gasteiger partial charge is 0.350 e. The Morgan fingerprint density at radius 2 is 1.85 bits per heavy atom. The van der Waals surface area contributed by atoms with E-state index in [1.165, 1.54) is 0 Å². The highest BCUT2D eigenvalue weighted by Crippen LogP contribution is 2.22. The fourth-order valence-corrected chi connectivity index (χ4v) is 3.73. The van der Waals surface area contributed by atoms with Crippen LogP contribution in [0.3, 0.4) is 0 Å². The Morgan fingerprint density at radius 3 is 2.58 bits per heavy atom. The fraction of sp³-hybridized carbons (Fsp3) is 0.389. The number of carbonyl (C=O) groups is 3. The molecular weight excluding hydrogens is 334 g/mol. The van der Waals surface area contributed by atoms with E-state index in [0.29, 0.717) is 31.7 Å². The summed E-state index contributed by atoms with van der Waals surface area (Å²) in [4.78, 5) is 39.9. The van der Waals surface area contributed by atoms with Gasteiger partial charge in [0.25, 0.3) is 5.91 Å². The Bertz CT molecular complexity index is 866. The van der Waals surface area contributed by atoms with Crippen molar-refractivity contribution in [2.75, 3.05) is 26.2 Å². The number of nitrogens with zero attached hydrogens (tertiary/aromatic N) is 3. The third kappa shape index (κ3) is 2.92. The molecule has 136 valence electrons. The van der Waals surface area contributed by atoms with Gasteiger partial charge in [-0.1, -0.05) is 18.2 Å². The number of aryl methyl sites for hydroxylation is 1. The second-order valence-corrected chi connectivity index (χ2v) is 6.74. The normalized spacial score (nSPS) is 21.6. The second-order valence-electron chi connectivity index (χ2n) is 6.74. The molecule has 2 saturated heterocycles. The van der Waals surface area contributed by atoms with E-state index in [1.54, 1.807) is 0 Å². The zero-order chi connectivity index (χ0) is 18.3. The lowest BCUT2D eigenvalue weighted by Gasteiger charge is -2.40. The average molecular weight is 355 g/mol. The van der Waals surface area contributed by atoms with Crippen molar-refractivity contribution in [2.24, 2.45) is 7.05 Å². The number of amides is 4. The molecule has 4 rings (SSSR count). The van der Waals surface area contributed by atoms with Crippen LogP contribution in [0.25, 0.3) is 10.9 Å². The van der Waals surface area contributed by atoms with Gasteiger partial charge in [0.1, 0.15) is 0 Å². The number of fused-ring (bicyclic) bond motifs is 1. The van der Waals surface area contributed by atoms with Crippen LogP contribution in [0.1, 0.15) is 16.8 Å². The number of piperazine rings is 1. The maximum Gasteiger partial charge on any atom is 0.322 e. The van der Waals surface area contributed by atoms with E-state index in [2.05, 4.69) is 10.6 Å². The highest BCUT2D eigenvalue weighted by molar-refractivity contribution is 6.07. The number of hydrogen-bond donors (Lipinski definition) is 2. The third-order valence-electron chi connectivity index (χ3n) is 5.10. The SMILES string of the molecule is Cn1cc(C(=O)N2CCN(C3CC(=O)NC(=O)N3)CC2)c2ccccc21. The maximum atomic E-state index is 13.0. The summed E-state index contributed by atoms with van der Waals surface area (Å²) < 4.78 is 1.97. The van der Waals surface area contributed by atoms with Gasteiger partial charge in [0.15, 0.2) is 0 Å². The van der Waals surface area contributed by atoms with E-state index in [-0.39, 0.29) is 24.4 Å². The molecule has 4 amide bonds. The zero-order valence-electron chi connectivity index (χ0n) is 14.6. The van der Waals surface area contributed by atoms with E-state index < -0.39 is 6.03 Å². The highest BCUT2D eigenvalue weighted by Gasteiger charge is 2.32. The molecule has 1 unspecified atom stereocenters. The number of imide groups is 1. The smallest absolute Gasteiger partial charge is 0.322 e. The molecule has 0 aliphatic carbocycles. The van der Waals surface area contributed by atoms with Gasteiger partial charge in [-0.2, -0.15) is 0 Å². The summed E-state index contributed by atoms with van der Waals surface area (Å²) in [5.74, 6) is -0.250. The minimum atomic E-state index is -0.458. The molecule has 26 heavy (non-hydrogen) atoms. The van der Waals surface area contributed by atoms with Crippen molar-refractivity contribution in [3.63, 3.8) is 0 Å². The molecule has 2 fully saturated rings. The number of benzene rings is 1. The monoisotopic (exact) mass is 355 g/mol. The van der Waals surface area contributed by atoms with Crippen molar-refractivity contribution in [1.82, 2.24) is 25.0 Å². The van der Waals surface area contributed by atoms with Crippen molar-refractivity contribution in [2.45, 2.75) is 12.6 Å². The van der Waals surface area contributed by atoms with Gasteiger partial charge in [0, 0.05) is 50.3 Å². The van der Waals surface area contributed by atoms with Crippen LogP contribution < -0.4 is 10.6 Å². The third-order valence-corrected chi connectivity index (χ3v) is 5.10. The molecule has 8 nitrogen and oxygen atoms in total. The Balaban J connectivity index is 1.45. The molecule has 2 aromatic rings. The Labute approximate surface area is 150 Å². The van der Waals surface area contributed by atoms with E-state index in [1.807, 2.05) is 51.9 Å². The average Bonchev–Trinajstić information content (AvgIpc) is 2.98. The Kier molecular flexibility index (Phi) is 4.12. The summed E-state index contributed by atoms with van der Waals surface area (Å²) in [7, 11) is 1.94. The van der Waals surface area contributed by atoms with Crippen LogP contribution >= 0.6 is 0 Å². The first kappa shape index (κ1) is 16.6. The first-order valence-electron chi connectivity index (χ1n) is 8.70. The topological polar surface area (TPSA) is 86.7 Å². The molecule has 0 saturated carbocycles. The van der Waals surface area contributed by atoms with Crippen LogP contribution in [-0.2, 0) is 11.8 Å². The number of carbonyl (C=O) groups excluding carboxylic acids is 3. The summed E-state index contributed by atoms with van der Waals surface area (Å²) >= 11 is 0. The molecule has 3 heterocycles. The minimum absolute atomic E-state index is 0.0203. The van der Waals surface area contributed by atoms with Crippen LogP contribution in [0.15, 0.2) is 30.5 Å². The van der Waals surface area contributed by atoms with E-state index in [9.17, 15) is 14.4 Å². The van der Waals surface area contributed by atoms with Crippen molar-refractivity contribution in [3.05, 3.63) is 36.0 Å². The van der Waals surface area contributed by atoms with Gasteiger partial charge in [-0.15, -0.1) is 0 Å². The number of nitrogens with one attached hydrogen (secondary N) is 2. The molecule has 1 aromatic heterocycles. The molecule has 2 aliphatic rings. The molecule has 8 heteroatoms. The Hall–Kier alpha value is -2.87. The summed E-state index contributed by atoms with van der Waals surface area (Å²) in [6.07, 6.45) is 1.82. The van der Waals surface area contributed by atoms with Crippen LogP contribution in [0.4, 0.5) is 4.79 Å². The van der Waals surface area contributed by atoms with Crippen molar-refractivity contribution >= 4 is 28.7 Å². The van der Waals surface area contributed by atoms with Crippen molar-refractivity contribution in [3.8, 4) is 0 Å². The molecule has 0 bridgehead atoms. The first-order chi connectivity index (χ1) is 12.5. The summed E-state index contributed by atoms with van der Waals surface area (Å²) in [6.45, 7) is 2.37. The van der Waals surface area contributed by atoms with Crippen molar-refractivity contribution < 1.29 is 14.4 Å². The predicted octanol–water partition coefficient (Wildman–Crippen LogP) is 0.492. The van der Waals surface area contributed by atoms with Crippen LogP contribution in [0.5, 0.6) is 0 Å². The molecule has 1 aromatic carbocycles. The van der Waals surface area contributed by atoms with Gasteiger partial charge >= 0.3 is 6.03 Å². The number of aromatic nitrogens is 1.